The third kappa shape index (κ3) is 1.45. The fourth-order valence-electron chi connectivity index (χ4n) is 2.93. The summed E-state index contributed by atoms with van der Waals surface area (Å²) in [7, 11) is 0. The number of nitrogens with two attached hydrogens (primary N) is 1. The first kappa shape index (κ1) is 9.91. The van der Waals surface area contributed by atoms with Gasteiger partial charge in [-0.1, -0.05) is 25.0 Å². The predicted octanol–water partition coefficient (Wildman–Crippen LogP) is 3.22. The molecule has 3 rings (SSSR count). The van der Waals surface area contributed by atoms with Gasteiger partial charge >= 0.3 is 0 Å². The van der Waals surface area contributed by atoms with Crippen molar-refractivity contribution in [2.75, 3.05) is 0 Å². The van der Waals surface area contributed by atoms with E-state index in [0.717, 1.165) is 0 Å². The zero-order valence-corrected chi connectivity index (χ0v) is 9.52. The molecule has 0 unspecified atom stereocenters. The van der Waals surface area contributed by atoms with Crippen molar-refractivity contribution in [3.8, 4) is 0 Å². The molecular weight excluding hydrogens is 196 g/mol. The van der Waals surface area contributed by atoms with Crippen molar-refractivity contribution in [3.63, 3.8) is 0 Å². The van der Waals surface area contributed by atoms with Gasteiger partial charge in [-0.2, -0.15) is 0 Å². The Kier molecular flexibility index (Phi) is 2.44. The number of fused-ring (bicyclic) bond motifs is 1. The zero-order valence-electron chi connectivity index (χ0n) is 9.52. The molecule has 1 aliphatic carbocycles. The SMILES string of the molecule is NCc1cccc2c1ccn2C1CCCC1. The minimum Gasteiger partial charge on any atom is -0.344 e. The van der Waals surface area contributed by atoms with Crippen LogP contribution >= 0.6 is 0 Å². The van der Waals surface area contributed by atoms with Crippen LogP contribution in [-0.4, -0.2) is 4.57 Å². The Morgan fingerprint density at radius 2 is 2.00 bits per heavy atom. The highest BCUT2D eigenvalue weighted by atomic mass is 15.0. The fraction of sp³-hybridized carbons (Fsp3) is 0.429. The maximum atomic E-state index is 5.77. The van der Waals surface area contributed by atoms with Gasteiger partial charge in [-0.3, -0.25) is 0 Å². The number of nitrogens with zero attached hydrogens (tertiary/aromatic N) is 1. The Morgan fingerprint density at radius 3 is 2.75 bits per heavy atom. The maximum absolute atomic E-state index is 5.77. The van der Waals surface area contributed by atoms with Crippen LogP contribution in [0, 0.1) is 0 Å². The van der Waals surface area contributed by atoms with E-state index < -0.39 is 0 Å². The Bertz CT molecular complexity index is 492. The van der Waals surface area contributed by atoms with Crippen LogP contribution in [0.1, 0.15) is 37.3 Å². The molecule has 1 saturated carbocycles. The topological polar surface area (TPSA) is 30.9 Å². The lowest BCUT2D eigenvalue weighted by Crippen LogP contribution is -2.03. The molecule has 0 radical (unpaired) electrons. The lowest BCUT2D eigenvalue weighted by molar-refractivity contribution is 0.536. The first-order valence-electron chi connectivity index (χ1n) is 6.18. The van der Waals surface area contributed by atoms with Crippen molar-refractivity contribution in [1.29, 1.82) is 0 Å². The van der Waals surface area contributed by atoms with Gasteiger partial charge in [-0.05, 0) is 30.5 Å². The van der Waals surface area contributed by atoms with Crippen LogP contribution in [0.15, 0.2) is 30.5 Å². The molecular formula is C14H18N2. The van der Waals surface area contributed by atoms with Crippen molar-refractivity contribution in [2.45, 2.75) is 38.3 Å². The van der Waals surface area contributed by atoms with Crippen LogP contribution in [0.25, 0.3) is 10.9 Å². The second-order valence-electron chi connectivity index (χ2n) is 4.72. The normalized spacial score (nSPS) is 17.3. The van der Waals surface area contributed by atoms with Gasteiger partial charge in [0.05, 0.1) is 0 Å². The molecule has 0 aliphatic heterocycles. The zero-order chi connectivity index (χ0) is 11.0. The van der Waals surface area contributed by atoms with E-state index in [2.05, 4.69) is 35.0 Å². The number of rotatable bonds is 2. The summed E-state index contributed by atoms with van der Waals surface area (Å²) in [5.41, 5.74) is 8.38. The summed E-state index contributed by atoms with van der Waals surface area (Å²) in [5.74, 6) is 0. The first-order valence-corrected chi connectivity index (χ1v) is 6.18. The van der Waals surface area contributed by atoms with Gasteiger partial charge in [0.15, 0.2) is 0 Å². The lowest BCUT2D eigenvalue weighted by Gasteiger charge is -2.13. The van der Waals surface area contributed by atoms with Gasteiger partial charge in [0.2, 0.25) is 0 Å². The molecule has 0 saturated heterocycles. The monoisotopic (exact) mass is 214 g/mol. The molecule has 16 heavy (non-hydrogen) atoms. The van der Waals surface area contributed by atoms with Crippen molar-refractivity contribution in [1.82, 2.24) is 4.57 Å². The highest BCUT2D eigenvalue weighted by molar-refractivity contribution is 5.83. The molecule has 2 aromatic rings. The minimum atomic E-state index is 0.631. The van der Waals surface area contributed by atoms with E-state index in [1.165, 1.54) is 42.1 Å². The van der Waals surface area contributed by atoms with E-state index in [1.807, 2.05) is 0 Å². The van der Waals surface area contributed by atoms with Gasteiger partial charge in [0.1, 0.15) is 0 Å². The van der Waals surface area contributed by atoms with Crippen LogP contribution in [0.2, 0.25) is 0 Å². The van der Waals surface area contributed by atoms with Gasteiger partial charge < -0.3 is 10.3 Å². The minimum absolute atomic E-state index is 0.631. The van der Waals surface area contributed by atoms with Crippen molar-refractivity contribution in [3.05, 3.63) is 36.0 Å². The molecule has 0 atom stereocenters. The maximum Gasteiger partial charge on any atom is 0.0486 e. The molecule has 0 amide bonds. The predicted molar refractivity (Wildman–Crippen MR) is 67.3 cm³/mol. The highest BCUT2D eigenvalue weighted by Gasteiger charge is 2.18. The van der Waals surface area contributed by atoms with Crippen LogP contribution < -0.4 is 5.73 Å². The van der Waals surface area contributed by atoms with E-state index in [9.17, 15) is 0 Å². The lowest BCUT2D eigenvalue weighted by atomic mass is 10.1. The summed E-state index contributed by atoms with van der Waals surface area (Å²) in [6, 6.07) is 9.39. The number of hydrogen-bond donors (Lipinski definition) is 1. The summed E-state index contributed by atoms with van der Waals surface area (Å²) in [5, 5.41) is 1.33. The molecule has 2 heteroatoms. The molecule has 1 aromatic heterocycles. The quantitative estimate of drug-likeness (QED) is 0.817. The van der Waals surface area contributed by atoms with Crippen LogP contribution in [0.5, 0.6) is 0 Å². The molecule has 2 nitrogen and oxygen atoms in total. The Morgan fingerprint density at radius 1 is 1.19 bits per heavy atom. The molecule has 1 aromatic carbocycles. The van der Waals surface area contributed by atoms with Crippen molar-refractivity contribution in [2.24, 2.45) is 5.73 Å². The fourth-order valence-corrected chi connectivity index (χ4v) is 2.93. The summed E-state index contributed by atoms with van der Waals surface area (Å²) in [6.07, 6.45) is 7.65. The average molecular weight is 214 g/mol. The molecule has 1 heterocycles. The third-order valence-corrected chi connectivity index (χ3v) is 3.79. The third-order valence-electron chi connectivity index (χ3n) is 3.79. The molecule has 1 fully saturated rings. The largest absolute Gasteiger partial charge is 0.344 e. The van der Waals surface area contributed by atoms with Crippen molar-refractivity contribution >= 4 is 10.9 Å². The van der Waals surface area contributed by atoms with E-state index in [0.29, 0.717) is 12.6 Å². The summed E-state index contributed by atoms with van der Waals surface area (Å²) in [6.45, 7) is 0.631. The molecule has 84 valence electrons. The van der Waals surface area contributed by atoms with E-state index in [4.69, 9.17) is 5.73 Å². The van der Waals surface area contributed by atoms with Gasteiger partial charge in [-0.15, -0.1) is 0 Å². The van der Waals surface area contributed by atoms with Gasteiger partial charge in [0, 0.05) is 29.7 Å². The van der Waals surface area contributed by atoms with Crippen LogP contribution in [0.4, 0.5) is 0 Å². The number of benzene rings is 1. The molecule has 0 bridgehead atoms. The van der Waals surface area contributed by atoms with Crippen LogP contribution in [0.3, 0.4) is 0 Å². The molecule has 0 spiro atoms. The average Bonchev–Trinajstić information content (AvgIpc) is 2.96. The highest BCUT2D eigenvalue weighted by Crippen LogP contribution is 2.33. The second-order valence-corrected chi connectivity index (χ2v) is 4.72. The standard InChI is InChI=1S/C14H18N2/c15-10-11-4-3-7-14-13(11)8-9-16(14)12-5-1-2-6-12/h3-4,7-9,12H,1-2,5-6,10,15H2. The first-order chi connectivity index (χ1) is 7.90. The van der Waals surface area contributed by atoms with Gasteiger partial charge in [-0.25, -0.2) is 0 Å². The number of aromatic nitrogens is 1. The Balaban J connectivity index is 2.12. The Labute approximate surface area is 96.1 Å². The summed E-state index contributed by atoms with van der Waals surface area (Å²) < 4.78 is 2.45. The molecule has 1 aliphatic rings. The van der Waals surface area contributed by atoms with Gasteiger partial charge in [0.25, 0.3) is 0 Å². The second kappa shape index (κ2) is 3.95. The van der Waals surface area contributed by atoms with Crippen LogP contribution in [-0.2, 0) is 6.54 Å². The summed E-state index contributed by atoms with van der Waals surface area (Å²) >= 11 is 0. The van der Waals surface area contributed by atoms with E-state index in [-0.39, 0.29) is 0 Å². The van der Waals surface area contributed by atoms with E-state index in [1.54, 1.807) is 0 Å². The smallest absolute Gasteiger partial charge is 0.0486 e. The summed E-state index contributed by atoms with van der Waals surface area (Å²) in [4.78, 5) is 0. The number of hydrogen-bond acceptors (Lipinski definition) is 1. The Hall–Kier alpha value is -1.28. The molecule has 2 N–H and O–H groups in total. The van der Waals surface area contributed by atoms with Crippen molar-refractivity contribution < 1.29 is 0 Å². The van der Waals surface area contributed by atoms with E-state index >= 15 is 0 Å².